The van der Waals surface area contributed by atoms with E-state index in [0.29, 0.717) is 37.7 Å². The average Bonchev–Trinajstić information content (AvgIpc) is 3.70. The van der Waals surface area contributed by atoms with Gasteiger partial charge in [0.15, 0.2) is 0 Å². The van der Waals surface area contributed by atoms with E-state index in [1.165, 1.54) is 0 Å². The molecule has 282 valence electrons. The molecule has 3 amide bonds. The monoisotopic (exact) mass is 707 g/mol. The fourth-order valence-corrected chi connectivity index (χ4v) is 9.10. The summed E-state index contributed by atoms with van der Waals surface area (Å²) in [6, 6.07) is 6.95. The van der Waals surface area contributed by atoms with Gasteiger partial charge in [0.25, 0.3) is 0 Å². The lowest BCUT2D eigenvalue weighted by molar-refractivity contribution is -0.163. The molecule has 2 bridgehead atoms. The third-order valence-electron chi connectivity index (χ3n) is 10.7. The van der Waals surface area contributed by atoms with Crippen molar-refractivity contribution in [3.05, 3.63) is 61.2 Å². The highest BCUT2D eigenvalue weighted by Gasteiger charge is 2.76. The number of aliphatic hydroxyl groups is 1. The molecule has 3 aliphatic heterocycles. The summed E-state index contributed by atoms with van der Waals surface area (Å²) in [5.74, 6) is -3.24. The predicted molar refractivity (Wildman–Crippen MR) is 197 cm³/mol. The summed E-state index contributed by atoms with van der Waals surface area (Å²) < 4.78 is 13.0. The molecule has 0 saturated carbocycles. The highest BCUT2D eigenvalue weighted by Crippen LogP contribution is 2.60. The van der Waals surface area contributed by atoms with E-state index in [9.17, 15) is 19.5 Å². The van der Waals surface area contributed by atoms with Crippen LogP contribution in [-0.2, 0) is 28.7 Å². The predicted octanol–water partition coefficient (Wildman–Crippen LogP) is 5.75. The van der Waals surface area contributed by atoms with Crippen molar-refractivity contribution in [3.63, 3.8) is 0 Å². The van der Waals surface area contributed by atoms with Gasteiger partial charge in [-0.05, 0) is 69.8 Å². The number of likely N-dealkylation sites (tertiary alicyclic amines) is 1. The summed E-state index contributed by atoms with van der Waals surface area (Å²) in [7, 11) is 0. The van der Waals surface area contributed by atoms with E-state index >= 15 is 4.79 Å². The van der Waals surface area contributed by atoms with E-state index < -0.39 is 59.3 Å². The molecule has 1 aromatic rings. The van der Waals surface area contributed by atoms with E-state index in [-0.39, 0.29) is 48.6 Å². The van der Waals surface area contributed by atoms with Crippen LogP contribution in [0.4, 0.5) is 0 Å². The first-order valence-electron chi connectivity index (χ1n) is 18.6. The van der Waals surface area contributed by atoms with Crippen molar-refractivity contribution in [2.75, 3.05) is 13.2 Å². The van der Waals surface area contributed by atoms with Gasteiger partial charge >= 0.3 is 5.97 Å². The van der Waals surface area contributed by atoms with Crippen LogP contribution in [0.15, 0.2) is 55.6 Å². The number of allylic oxidation sites excluding steroid dienone is 1. The van der Waals surface area contributed by atoms with Crippen LogP contribution >= 0.6 is 0 Å². The Balaban J connectivity index is 1.75. The van der Waals surface area contributed by atoms with Crippen LogP contribution in [0.25, 0.3) is 0 Å². The number of nitrogens with one attached hydrogen (secondary N) is 1. The number of carbonyl (C=O) groups excluding carboxylic acids is 4. The van der Waals surface area contributed by atoms with Gasteiger partial charge in [-0.1, -0.05) is 77.1 Å². The van der Waals surface area contributed by atoms with Crippen LogP contribution < -0.4 is 5.32 Å². The second-order valence-electron chi connectivity index (χ2n) is 17.0. The molecule has 0 aliphatic carbocycles. The fraction of sp³-hybridized carbons (Fsp3) is 0.659. The summed E-state index contributed by atoms with van der Waals surface area (Å²) >= 11 is 0. The van der Waals surface area contributed by atoms with Gasteiger partial charge in [-0.2, -0.15) is 0 Å². The third-order valence-corrected chi connectivity index (χ3v) is 10.7. The Hall–Kier alpha value is -3.50. The van der Waals surface area contributed by atoms with Crippen LogP contribution in [0.1, 0.15) is 106 Å². The van der Waals surface area contributed by atoms with Crippen LogP contribution in [0.2, 0.25) is 0 Å². The van der Waals surface area contributed by atoms with E-state index in [0.717, 1.165) is 0 Å². The first kappa shape index (κ1) is 40.3. The van der Waals surface area contributed by atoms with Crippen molar-refractivity contribution in [3.8, 4) is 0 Å². The molecule has 0 aromatic heterocycles. The minimum absolute atomic E-state index is 0.102. The summed E-state index contributed by atoms with van der Waals surface area (Å²) in [4.78, 5) is 60.5. The molecule has 4 rings (SSSR count). The number of hydrogen-bond donors (Lipinski definition) is 2. The van der Waals surface area contributed by atoms with Crippen molar-refractivity contribution in [2.45, 2.75) is 135 Å². The summed E-state index contributed by atoms with van der Waals surface area (Å²) in [6.45, 7) is 23.8. The van der Waals surface area contributed by atoms with Crippen molar-refractivity contribution in [2.24, 2.45) is 23.2 Å². The Labute approximate surface area is 305 Å². The lowest BCUT2D eigenvalue weighted by atomic mass is 9.70. The van der Waals surface area contributed by atoms with Crippen molar-refractivity contribution < 1.29 is 33.8 Å². The highest BCUT2D eigenvalue weighted by molar-refractivity contribution is 5.98. The molecule has 1 spiro atoms. The minimum Gasteiger partial charge on any atom is -0.455 e. The van der Waals surface area contributed by atoms with Crippen LogP contribution in [0.5, 0.6) is 0 Å². The smallest absolute Gasteiger partial charge is 0.313 e. The van der Waals surface area contributed by atoms with Crippen LogP contribution in [-0.4, -0.2) is 87.1 Å². The molecule has 3 fully saturated rings. The number of carbonyl (C=O) groups is 4. The third kappa shape index (κ3) is 8.43. The number of amides is 3. The first-order chi connectivity index (χ1) is 23.9. The molecule has 0 unspecified atom stereocenters. The van der Waals surface area contributed by atoms with E-state index in [1.807, 2.05) is 58.0 Å². The SMILES string of the molecule is C=CCCC(=O)N[C@@H](C)[C@H](OC(=O)[C@@H]1[C@H]2C(=O)N([C@@H](CO)CC(C)C)[C@H](C(=O)N(CC=C)C(C)(C)CC(C)(C)C)[C@]23CC[C@H]1O3)c1ccccc1. The topological polar surface area (TPSA) is 125 Å². The molecule has 51 heavy (non-hydrogen) atoms. The Morgan fingerprint density at radius 3 is 2.35 bits per heavy atom. The second kappa shape index (κ2) is 16.0. The zero-order chi connectivity index (χ0) is 37.9. The maximum atomic E-state index is 15.1. The summed E-state index contributed by atoms with van der Waals surface area (Å²) in [5, 5.41) is 13.7. The quantitative estimate of drug-likeness (QED) is 0.156. The van der Waals surface area contributed by atoms with E-state index in [1.54, 1.807) is 28.9 Å². The van der Waals surface area contributed by atoms with Crippen LogP contribution in [0.3, 0.4) is 0 Å². The molecule has 10 nitrogen and oxygen atoms in total. The average molecular weight is 708 g/mol. The maximum absolute atomic E-state index is 15.1. The number of ether oxygens (including phenoxy) is 2. The summed E-state index contributed by atoms with van der Waals surface area (Å²) in [5.41, 5.74) is -1.28. The van der Waals surface area contributed by atoms with Gasteiger partial charge in [0.05, 0.1) is 36.6 Å². The molecule has 3 heterocycles. The first-order valence-corrected chi connectivity index (χ1v) is 18.6. The Morgan fingerprint density at radius 2 is 1.78 bits per heavy atom. The molecule has 0 radical (unpaired) electrons. The van der Waals surface area contributed by atoms with Gasteiger partial charge in [-0.15, -0.1) is 13.2 Å². The van der Waals surface area contributed by atoms with Crippen molar-refractivity contribution in [1.82, 2.24) is 15.1 Å². The van der Waals surface area contributed by atoms with Gasteiger partial charge in [0.2, 0.25) is 17.7 Å². The molecular weight excluding hydrogens is 646 g/mol. The zero-order valence-electron chi connectivity index (χ0n) is 32.0. The van der Waals surface area contributed by atoms with Gasteiger partial charge in [-0.3, -0.25) is 19.2 Å². The number of rotatable bonds is 17. The lowest BCUT2D eigenvalue weighted by Gasteiger charge is -2.46. The lowest BCUT2D eigenvalue weighted by Crippen LogP contribution is -2.62. The zero-order valence-corrected chi connectivity index (χ0v) is 32.0. The minimum atomic E-state index is -1.27. The Bertz CT molecular complexity index is 1440. The number of fused-ring (bicyclic) bond motifs is 1. The van der Waals surface area contributed by atoms with E-state index in [2.05, 4.69) is 39.2 Å². The summed E-state index contributed by atoms with van der Waals surface area (Å²) in [6.07, 6.45) is 4.75. The van der Waals surface area contributed by atoms with Gasteiger partial charge in [-0.25, -0.2) is 0 Å². The molecule has 1 aromatic carbocycles. The van der Waals surface area contributed by atoms with Gasteiger partial charge in [0, 0.05) is 18.5 Å². The molecular formula is C41H61N3O7. The van der Waals surface area contributed by atoms with Crippen molar-refractivity contribution >= 4 is 23.7 Å². The Kier molecular flexibility index (Phi) is 12.7. The highest BCUT2D eigenvalue weighted by atomic mass is 16.6. The molecule has 8 atom stereocenters. The number of benzene rings is 1. The molecule has 2 N–H and O–H groups in total. The number of esters is 1. The number of nitrogens with zero attached hydrogens (tertiary/aromatic N) is 2. The normalized spacial score (nSPS) is 26.0. The van der Waals surface area contributed by atoms with Gasteiger partial charge < -0.3 is 29.7 Å². The maximum Gasteiger partial charge on any atom is 0.313 e. The van der Waals surface area contributed by atoms with Crippen LogP contribution in [0, 0.1) is 23.2 Å². The van der Waals surface area contributed by atoms with Gasteiger partial charge in [0.1, 0.15) is 17.7 Å². The Morgan fingerprint density at radius 1 is 1.12 bits per heavy atom. The number of hydrogen-bond acceptors (Lipinski definition) is 7. The second-order valence-corrected chi connectivity index (χ2v) is 17.0. The standard InChI is InChI=1S/C41H61N3O7/c1-11-13-19-31(46)42-27(5)34(28-17-15-14-16-18-28)50-38(49)32-30-20-21-41(51-30)33(32)36(47)44(29(24-45)23-26(3)4)35(41)37(48)43(22-12-2)40(9,10)25-39(6,7)8/h11-12,14-18,26-27,29-30,32-35,45H,1-2,13,19-25H2,3-10H3,(H,42,46)/t27-,29+,30+,32-,33-,34-,35+,41-/m0/s1. The van der Waals surface area contributed by atoms with E-state index in [4.69, 9.17) is 9.47 Å². The molecule has 3 aliphatic rings. The van der Waals surface area contributed by atoms with Crippen molar-refractivity contribution in [1.29, 1.82) is 0 Å². The fourth-order valence-electron chi connectivity index (χ4n) is 9.10. The number of aliphatic hydroxyl groups excluding tert-OH is 1. The molecule has 10 heteroatoms. The largest absolute Gasteiger partial charge is 0.455 e. The molecule has 3 saturated heterocycles.